The highest BCUT2D eigenvalue weighted by Crippen LogP contribution is 2.44. The van der Waals surface area contributed by atoms with Crippen molar-refractivity contribution in [1.29, 1.82) is 0 Å². The van der Waals surface area contributed by atoms with Crippen molar-refractivity contribution in [2.75, 3.05) is 6.54 Å². The summed E-state index contributed by atoms with van der Waals surface area (Å²) >= 11 is 0. The van der Waals surface area contributed by atoms with Crippen molar-refractivity contribution >= 4 is 0 Å². The van der Waals surface area contributed by atoms with Crippen molar-refractivity contribution in [1.82, 2.24) is 20.1 Å². The molecule has 2 atom stereocenters. The zero-order valence-corrected chi connectivity index (χ0v) is 12.8. The van der Waals surface area contributed by atoms with Crippen molar-refractivity contribution in [2.45, 2.75) is 66.0 Å². The van der Waals surface area contributed by atoms with E-state index in [9.17, 15) is 0 Å². The Kier molecular flexibility index (Phi) is 4.61. The zero-order chi connectivity index (χ0) is 13.9. The summed E-state index contributed by atoms with van der Waals surface area (Å²) in [4.78, 5) is 4.44. The maximum atomic E-state index is 4.44. The van der Waals surface area contributed by atoms with Gasteiger partial charge in [0.2, 0.25) is 0 Å². The number of nitrogens with zero attached hydrogens (tertiary/aromatic N) is 3. The van der Waals surface area contributed by atoms with E-state index in [4.69, 9.17) is 0 Å². The minimum Gasteiger partial charge on any atom is -0.314 e. The molecule has 1 saturated carbocycles. The van der Waals surface area contributed by atoms with E-state index in [1.54, 1.807) is 6.33 Å². The number of likely N-dealkylation sites (N-methyl/N-ethyl adjacent to an activating group) is 1. The Labute approximate surface area is 117 Å². The first-order valence-electron chi connectivity index (χ1n) is 7.68. The van der Waals surface area contributed by atoms with E-state index in [0.717, 1.165) is 31.3 Å². The molecule has 4 nitrogen and oxygen atoms in total. The molecule has 0 bridgehead atoms. The van der Waals surface area contributed by atoms with Gasteiger partial charge in [-0.3, -0.25) is 4.68 Å². The van der Waals surface area contributed by atoms with Crippen LogP contribution in [0.5, 0.6) is 0 Å². The lowest BCUT2D eigenvalue weighted by Crippen LogP contribution is -2.42. The number of rotatable bonds is 6. The molecular weight excluding hydrogens is 236 g/mol. The van der Waals surface area contributed by atoms with E-state index in [2.05, 4.69) is 43.1 Å². The summed E-state index contributed by atoms with van der Waals surface area (Å²) in [5, 5.41) is 7.98. The summed E-state index contributed by atoms with van der Waals surface area (Å²) in [6.07, 6.45) is 6.72. The van der Waals surface area contributed by atoms with Gasteiger partial charge < -0.3 is 5.32 Å². The Morgan fingerprint density at radius 2 is 2.26 bits per heavy atom. The number of hydrogen-bond acceptors (Lipinski definition) is 3. The minimum absolute atomic E-state index is 0.448. The van der Waals surface area contributed by atoms with Crippen LogP contribution in [0.4, 0.5) is 0 Å². The van der Waals surface area contributed by atoms with Gasteiger partial charge in [-0.15, -0.1) is 0 Å². The fourth-order valence-electron chi connectivity index (χ4n) is 3.63. The van der Waals surface area contributed by atoms with Crippen LogP contribution in [0.1, 0.15) is 52.8 Å². The molecule has 1 aromatic heterocycles. The molecule has 1 aliphatic carbocycles. The molecule has 1 aromatic rings. The number of aryl methyl sites for hydroxylation is 1. The van der Waals surface area contributed by atoms with Crippen LogP contribution in [-0.2, 0) is 13.0 Å². The molecule has 1 N–H and O–H groups in total. The maximum absolute atomic E-state index is 4.44. The smallest absolute Gasteiger partial charge is 0.138 e. The number of aromatic nitrogens is 3. The third-order valence-corrected chi connectivity index (χ3v) is 4.69. The predicted octanol–water partition coefficient (Wildman–Crippen LogP) is 2.64. The minimum atomic E-state index is 0.448. The quantitative estimate of drug-likeness (QED) is 0.859. The average molecular weight is 264 g/mol. The van der Waals surface area contributed by atoms with Gasteiger partial charge in [-0.1, -0.05) is 27.2 Å². The number of nitrogens with one attached hydrogen (secondary N) is 1. The zero-order valence-electron chi connectivity index (χ0n) is 12.8. The van der Waals surface area contributed by atoms with Crippen LogP contribution in [0.25, 0.3) is 0 Å². The molecule has 0 radical (unpaired) electrons. The second kappa shape index (κ2) is 6.04. The second-order valence-electron chi connectivity index (χ2n) is 6.35. The summed E-state index contributed by atoms with van der Waals surface area (Å²) in [6, 6.07) is 0.525. The summed E-state index contributed by atoms with van der Waals surface area (Å²) in [7, 11) is 0. The normalized spacial score (nSPS) is 23.7. The topological polar surface area (TPSA) is 42.7 Å². The van der Waals surface area contributed by atoms with Crippen LogP contribution in [0.2, 0.25) is 0 Å². The molecule has 0 aromatic carbocycles. The van der Waals surface area contributed by atoms with Gasteiger partial charge in [0.05, 0.1) is 0 Å². The van der Waals surface area contributed by atoms with Gasteiger partial charge in [0.15, 0.2) is 0 Å². The first-order chi connectivity index (χ1) is 9.08. The molecule has 1 fully saturated rings. The van der Waals surface area contributed by atoms with E-state index in [-0.39, 0.29) is 0 Å². The van der Waals surface area contributed by atoms with Gasteiger partial charge >= 0.3 is 0 Å². The third-order valence-electron chi connectivity index (χ3n) is 4.69. The summed E-state index contributed by atoms with van der Waals surface area (Å²) in [5.74, 6) is 1.87. The lowest BCUT2D eigenvalue weighted by atomic mass is 9.76. The van der Waals surface area contributed by atoms with Gasteiger partial charge in [0.1, 0.15) is 12.2 Å². The highest BCUT2D eigenvalue weighted by molar-refractivity contribution is 4.98. The first kappa shape index (κ1) is 14.5. The Hall–Kier alpha value is -0.900. The van der Waals surface area contributed by atoms with Crippen molar-refractivity contribution in [3.8, 4) is 0 Å². The van der Waals surface area contributed by atoms with Crippen LogP contribution in [0.15, 0.2) is 6.33 Å². The Morgan fingerprint density at radius 1 is 1.47 bits per heavy atom. The van der Waals surface area contributed by atoms with Gasteiger partial charge in [0.25, 0.3) is 0 Å². The lowest BCUT2D eigenvalue weighted by Gasteiger charge is -2.34. The van der Waals surface area contributed by atoms with Crippen LogP contribution in [0.3, 0.4) is 0 Å². The Bertz CT molecular complexity index is 397. The largest absolute Gasteiger partial charge is 0.314 e. The molecule has 4 heteroatoms. The van der Waals surface area contributed by atoms with Gasteiger partial charge in [-0.2, -0.15) is 5.10 Å². The summed E-state index contributed by atoms with van der Waals surface area (Å²) in [5.41, 5.74) is 0.448. The third kappa shape index (κ3) is 3.16. The molecule has 0 aliphatic heterocycles. The highest BCUT2D eigenvalue weighted by atomic mass is 15.3. The van der Waals surface area contributed by atoms with Crippen LogP contribution >= 0.6 is 0 Å². The fraction of sp³-hybridized carbons (Fsp3) is 0.867. The van der Waals surface area contributed by atoms with E-state index >= 15 is 0 Å². The summed E-state index contributed by atoms with van der Waals surface area (Å²) < 4.78 is 2.02. The van der Waals surface area contributed by atoms with Crippen molar-refractivity contribution in [2.24, 2.45) is 11.3 Å². The highest BCUT2D eigenvalue weighted by Gasteiger charge is 2.39. The van der Waals surface area contributed by atoms with Gasteiger partial charge in [0, 0.05) is 19.0 Å². The molecule has 0 saturated heterocycles. The summed E-state index contributed by atoms with van der Waals surface area (Å²) in [6.45, 7) is 11.1. The Morgan fingerprint density at radius 3 is 2.84 bits per heavy atom. The number of hydrogen-bond donors (Lipinski definition) is 1. The van der Waals surface area contributed by atoms with Crippen LogP contribution in [0, 0.1) is 11.3 Å². The first-order valence-corrected chi connectivity index (χ1v) is 7.68. The Balaban J connectivity index is 2.12. The van der Waals surface area contributed by atoms with E-state index < -0.39 is 0 Å². The van der Waals surface area contributed by atoms with Gasteiger partial charge in [-0.25, -0.2) is 4.98 Å². The SMILES string of the molecule is CCNC(Cc1ncnn1CC)C1CCCC1(C)C. The van der Waals surface area contributed by atoms with E-state index in [0.29, 0.717) is 11.5 Å². The molecule has 2 unspecified atom stereocenters. The molecule has 0 amide bonds. The molecule has 2 rings (SSSR count). The molecule has 1 aliphatic rings. The average Bonchev–Trinajstić information content (AvgIpc) is 2.94. The van der Waals surface area contributed by atoms with Crippen molar-refractivity contribution < 1.29 is 0 Å². The van der Waals surface area contributed by atoms with Crippen molar-refractivity contribution in [3.63, 3.8) is 0 Å². The van der Waals surface area contributed by atoms with E-state index in [1.165, 1.54) is 19.3 Å². The molecular formula is C15H28N4. The van der Waals surface area contributed by atoms with Crippen LogP contribution in [-0.4, -0.2) is 27.4 Å². The predicted molar refractivity (Wildman–Crippen MR) is 78.0 cm³/mol. The van der Waals surface area contributed by atoms with E-state index in [1.807, 2.05) is 4.68 Å². The van der Waals surface area contributed by atoms with Crippen molar-refractivity contribution in [3.05, 3.63) is 12.2 Å². The molecule has 108 valence electrons. The monoisotopic (exact) mass is 264 g/mol. The molecule has 0 spiro atoms. The van der Waals surface area contributed by atoms with Crippen LogP contribution < -0.4 is 5.32 Å². The molecule has 1 heterocycles. The maximum Gasteiger partial charge on any atom is 0.138 e. The lowest BCUT2D eigenvalue weighted by molar-refractivity contribution is 0.194. The standard InChI is InChI=1S/C15H28N4/c1-5-16-13(12-8-7-9-15(12,3)4)10-14-17-11-18-19(14)6-2/h11-13,16H,5-10H2,1-4H3. The fourth-order valence-corrected chi connectivity index (χ4v) is 3.63. The molecule has 19 heavy (non-hydrogen) atoms. The van der Waals surface area contributed by atoms with Gasteiger partial charge in [-0.05, 0) is 37.6 Å². The second-order valence-corrected chi connectivity index (χ2v) is 6.35.